The van der Waals surface area contributed by atoms with E-state index in [1.807, 2.05) is 0 Å². The van der Waals surface area contributed by atoms with Crippen molar-refractivity contribution in [1.82, 2.24) is 10.2 Å². The maximum absolute atomic E-state index is 12.9. The number of hydrogen-bond acceptors (Lipinski definition) is 3. The molecule has 1 aliphatic carbocycles. The molecule has 4 heteroatoms. The van der Waals surface area contributed by atoms with Crippen LogP contribution in [0.4, 0.5) is 0 Å². The van der Waals surface area contributed by atoms with E-state index in [0.717, 1.165) is 4.88 Å². The Balaban J connectivity index is 1.43. The smallest absolute Gasteiger partial charge is 0.261 e. The Morgan fingerprint density at radius 3 is 2.78 bits per heavy atom. The van der Waals surface area contributed by atoms with Gasteiger partial charge in [-0.05, 0) is 68.6 Å². The van der Waals surface area contributed by atoms with Gasteiger partial charge in [0, 0.05) is 10.2 Å². The average Bonchev–Trinajstić information content (AvgIpc) is 3.21. The zero-order chi connectivity index (χ0) is 15.6. The van der Waals surface area contributed by atoms with Crippen molar-refractivity contribution >= 4 is 27.3 Å². The summed E-state index contributed by atoms with van der Waals surface area (Å²) in [4.78, 5) is 16.4. The lowest BCUT2D eigenvalue weighted by Gasteiger charge is -2.52. The van der Waals surface area contributed by atoms with Crippen molar-refractivity contribution in [1.29, 1.82) is 0 Å². The molecule has 2 aromatic rings. The lowest BCUT2D eigenvalue weighted by atomic mass is 9.77. The Hall–Kier alpha value is -1.39. The van der Waals surface area contributed by atoms with Gasteiger partial charge < -0.3 is 5.32 Å². The van der Waals surface area contributed by atoms with Crippen molar-refractivity contribution in [3.63, 3.8) is 0 Å². The Kier molecular flexibility index (Phi) is 2.92. The summed E-state index contributed by atoms with van der Waals surface area (Å²) < 4.78 is 1.24. The number of thiophene rings is 1. The van der Waals surface area contributed by atoms with Gasteiger partial charge in [0.2, 0.25) is 0 Å². The number of aryl methyl sites for hydroxylation is 1. The molecule has 1 aromatic heterocycles. The van der Waals surface area contributed by atoms with Gasteiger partial charge in [0.15, 0.2) is 0 Å². The van der Waals surface area contributed by atoms with Crippen LogP contribution in [0.1, 0.15) is 40.9 Å². The molecule has 2 bridgehead atoms. The Morgan fingerprint density at radius 1 is 1.30 bits per heavy atom. The summed E-state index contributed by atoms with van der Waals surface area (Å²) in [5.74, 6) is 0.818. The molecule has 6 rings (SSSR count). The van der Waals surface area contributed by atoms with Gasteiger partial charge in [-0.3, -0.25) is 9.69 Å². The monoisotopic (exact) mass is 326 g/mol. The van der Waals surface area contributed by atoms with E-state index in [4.69, 9.17) is 0 Å². The Bertz CT molecular complexity index is 784. The highest BCUT2D eigenvalue weighted by atomic mass is 32.1. The van der Waals surface area contributed by atoms with Crippen LogP contribution >= 0.6 is 11.3 Å². The number of hydrogen-bond donors (Lipinski definition) is 1. The first-order valence-corrected chi connectivity index (χ1v) is 9.54. The molecule has 0 radical (unpaired) electrons. The third-order valence-corrected chi connectivity index (χ3v) is 7.52. The number of nitrogens with one attached hydrogen (secondary N) is 1. The van der Waals surface area contributed by atoms with Crippen molar-refractivity contribution in [2.24, 2.45) is 5.92 Å². The van der Waals surface area contributed by atoms with E-state index in [2.05, 4.69) is 41.4 Å². The molecule has 3 saturated heterocycles. The van der Waals surface area contributed by atoms with Gasteiger partial charge in [0.1, 0.15) is 0 Å². The second-order valence-electron chi connectivity index (χ2n) is 7.48. The number of carbonyl (C=O) groups excluding carboxylic acids is 1. The van der Waals surface area contributed by atoms with E-state index in [-0.39, 0.29) is 5.91 Å². The van der Waals surface area contributed by atoms with Crippen molar-refractivity contribution < 1.29 is 4.79 Å². The summed E-state index contributed by atoms with van der Waals surface area (Å²) in [6.45, 7) is 4.59. The summed E-state index contributed by atoms with van der Waals surface area (Å²) in [6, 6.07) is 8.71. The quantitative estimate of drug-likeness (QED) is 0.915. The summed E-state index contributed by atoms with van der Waals surface area (Å²) in [5, 5.41) is 4.62. The zero-order valence-electron chi connectivity index (χ0n) is 13.5. The van der Waals surface area contributed by atoms with Crippen LogP contribution < -0.4 is 5.32 Å². The number of amides is 1. The molecule has 1 aromatic carbocycles. The molecule has 1 spiro atoms. The molecule has 4 fully saturated rings. The highest BCUT2D eigenvalue weighted by Crippen LogP contribution is 2.53. The minimum atomic E-state index is 0.135. The van der Waals surface area contributed by atoms with Gasteiger partial charge in [-0.15, -0.1) is 11.3 Å². The minimum Gasteiger partial charge on any atom is -0.346 e. The van der Waals surface area contributed by atoms with E-state index in [0.29, 0.717) is 17.5 Å². The fourth-order valence-electron chi connectivity index (χ4n) is 4.85. The molecule has 23 heavy (non-hydrogen) atoms. The number of carbonyl (C=O) groups is 1. The summed E-state index contributed by atoms with van der Waals surface area (Å²) in [5.41, 5.74) is 1.57. The predicted molar refractivity (Wildman–Crippen MR) is 94.1 cm³/mol. The highest BCUT2D eigenvalue weighted by molar-refractivity contribution is 7.21. The SMILES string of the molecule is Cc1cccc2cc(C(=O)N[C@@H]3C4CCN(CC4)C34CC4)sc12. The Labute approximate surface area is 140 Å². The fraction of sp³-hybridized carbons (Fsp3) is 0.526. The normalized spacial score (nSPS) is 30.7. The minimum absolute atomic E-state index is 0.135. The number of nitrogens with zero attached hydrogens (tertiary/aromatic N) is 1. The van der Waals surface area contributed by atoms with E-state index in [9.17, 15) is 4.79 Å². The van der Waals surface area contributed by atoms with Crippen molar-refractivity contribution in [3.8, 4) is 0 Å². The second kappa shape index (κ2) is 4.81. The standard InChI is InChI=1S/C19H22N2OS/c1-12-3-2-4-14-11-15(23-16(12)14)18(22)20-17-13-5-9-21(10-6-13)19(17)7-8-19/h2-4,11,13,17H,5-10H2,1H3,(H,20,22)/t17-/m1/s1. The van der Waals surface area contributed by atoms with E-state index < -0.39 is 0 Å². The van der Waals surface area contributed by atoms with Gasteiger partial charge in [-0.2, -0.15) is 0 Å². The third kappa shape index (κ3) is 2.01. The van der Waals surface area contributed by atoms with Crippen LogP contribution in [0.3, 0.4) is 0 Å². The molecular weight excluding hydrogens is 304 g/mol. The van der Waals surface area contributed by atoms with Gasteiger partial charge in [-0.1, -0.05) is 18.2 Å². The summed E-state index contributed by atoms with van der Waals surface area (Å²) in [6.07, 6.45) is 5.02. The molecule has 120 valence electrons. The van der Waals surface area contributed by atoms with Crippen LogP contribution in [0, 0.1) is 12.8 Å². The maximum Gasteiger partial charge on any atom is 0.261 e. The molecule has 1 saturated carbocycles. The zero-order valence-corrected chi connectivity index (χ0v) is 14.3. The predicted octanol–water partition coefficient (Wildman–Crippen LogP) is 3.57. The molecular formula is C19H22N2OS. The van der Waals surface area contributed by atoms with E-state index in [1.165, 1.54) is 54.4 Å². The molecule has 0 unspecified atom stereocenters. The number of fused-ring (bicyclic) bond motifs is 3. The van der Waals surface area contributed by atoms with Crippen molar-refractivity contribution in [3.05, 3.63) is 34.7 Å². The van der Waals surface area contributed by atoms with Gasteiger partial charge >= 0.3 is 0 Å². The van der Waals surface area contributed by atoms with Crippen molar-refractivity contribution in [2.75, 3.05) is 13.1 Å². The molecule has 1 atom stereocenters. The lowest BCUT2D eigenvalue weighted by Crippen LogP contribution is -2.65. The highest BCUT2D eigenvalue weighted by Gasteiger charge is 2.60. The molecule has 1 amide bonds. The fourth-order valence-corrected chi connectivity index (χ4v) is 5.89. The number of benzene rings is 1. The van der Waals surface area contributed by atoms with Crippen LogP contribution in [-0.4, -0.2) is 35.5 Å². The van der Waals surface area contributed by atoms with Crippen LogP contribution in [0.15, 0.2) is 24.3 Å². The van der Waals surface area contributed by atoms with E-state index >= 15 is 0 Å². The van der Waals surface area contributed by atoms with Crippen LogP contribution in [0.5, 0.6) is 0 Å². The first-order valence-electron chi connectivity index (χ1n) is 8.72. The van der Waals surface area contributed by atoms with Crippen LogP contribution in [-0.2, 0) is 0 Å². The largest absolute Gasteiger partial charge is 0.346 e. The summed E-state index contributed by atoms with van der Waals surface area (Å²) >= 11 is 1.64. The van der Waals surface area contributed by atoms with Gasteiger partial charge in [-0.25, -0.2) is 0 Å². The summed E-state index contributed by atoms with van der Waals surface area (Å²) in [7, 11) is 0. The topological polar surface area (TPSA) is 32.3 Å². The third-order valence-electron chi connectivity index (χ3n) is 6.23. The first kappa shape index (κ1) is 14.0. The average molecular weight is 326 g/mol. The second-order valence-corrected chi connectivity index (χ2v) is 8.54. The Morgan fingerprint density at radius 2 is 2.09 bits per heavy atom. The van der Waals surface area contributed by atoms with Crippen LogP contribution in [0.25, 0.3) is 10.1 Å². The number of rotatable bonds is 2. The first-order chi connectivity index (χ1) is 11.2. The van der Waals surface area contributed by atoms with Crippen LogP contribution in [0.2, 0.25) is 0 Å². The molecule has 4 aliphatic rings. The van der Waals surface area contributed by atoms with Gasteiger partial charge in [0.05, 0.1) is 10.9 Å². The maximum atomic E-state index is 12.9. The molecule has 3 nitrogen and oxygen atoms in total. The number of piperidine rings is 3. The van der Waals surface area contributed by atoms with Gasteiger partial charge in [0.25, 0.3) is 5.91 Å². The van der Waals surface area contributed by atoms with Crippen molar-refractivity contribution in [2.45, 2.75) is 44.2 Å². The molecule has 4 heterocycles. The molecule has 3 aliphatic heterocycles. The van der Waals surface area contributed by atoms with E-state index in [1.54, 1.807) is 11.3 Å². The lowest BCUT2D eigenvalue weighted by molar-refractivity contribution is -0.00138. The molecule has 1 N–H and O–H groups in total.